The number of H-pyrrole nitrogens is 1. The average Bonchev–Trinajstić information content (AvgIpc) is 2.53. The number of hydrogen-bond acceptors (Lipinski definition) is 2. The molecule has 0 aliphatic heterocycles. The summed E-state index contributed by atoms with van der Waals surface area (Å²) in [5, 5.41) is 0. The number of imidazole rings is 1. The number of nitrogens with two attached hydrogens (primary N) is 1. The molecule has 0 aliphatic rings. The van der Waals surface area contributed by atoms with Crippen molar-refractivity contribution in [3.63, 3.8) is 0 Å². The number of aromatic amines is 1. The van der Waals surface area contributed by atoms with Gasteiger partial charge in [0.15, 0.2) is 0 Å². The van der Waals surface area contributed by atoms with E-state index < -0.39 is 0 Å². The minimum absolute atomic E-state index is 0.0686. The quantitative estimate of drug-likeness (QED) is 0.777. The molecular formula is C11H15N3O. The molecule has 0 amide bonds. The van der Waals surface area contributed by atoms with Crippen LogP contribution in [0.3, 0.4) is 0 Å². The first-order valence-electron chi connectivity index (χ1n) is 5.07. The number of hydrogen-bond donors (Lipinski definition) is 2. The largest absolute Gasteiger partial charge is 0.326 e. The first-order valence-corrected chi connectivity index (χ1v) is 5.07. The Morgan fingerprint density at radius 1 is 1.47 bits per heavy atom. The summed E-state index contributed by atoms with van der Waals surface area (Å²) < 4.78 is 1.75. The molecule has 3 N–H and O–H groups in total. The van der Waals surface area contributed by atoms with Crippen molar-refractivity contribution in [2.45, 2.75) is 26.4 Å². The number of benzene rings is 1. The highest BCUT2D eigenvalue weighted by Gasteiger charge is 2.11. The Hall–Kier alpha value is -1.55. The van der Waals surface area contributed by atoms with Gasteiger partial charge in [-0.3, -0.25) is 4.57 Å². The van der Waals surface area contributed by atoms with Crippen LogP contribution in [0.15, 0.2) is 23.0 Å². The van der Waals surface area contributed by atoms with Gasteiger partial charge in [-0.2, -0.15) is 0 Å². The Labute approximate surface area is 87.7 Å². The van der Waals surface area contributed by atoms with Gasteiger partial charge in [-0.05, 0) is 25.5 Å². The average molecular weight is 205 g/mol. The van der Waals surface area contributed by atoms with Gasteiger partial charge in [0.05, 0.1) is 11.0 Å². The fourth-order valence-electron chi connectivity index (χ4n) is 1.91. The van der Waals surface area contributed by atoms with E-state index in [1.807, 2.05) is 32.0 Å². The van der Waals surface area contributed by atoms with Crippen molar-refractivity contribution in [1.29, 1.82) is 0 Å². The number of para-hydroxylation sites is 1. The smallest absolute Gasteiger partial charge is 0.326 e. The third-order valence-corrected chi connectivity index (χ3v) is 2.56. The van der Waals surface area contributed by atoms with E-state index in [0.29, 0.717) is 6.54 Å². The highest BCUT2D eigenvalue weighted by Crippen LogP contribution is 2.18. The molecule has 0 bridgehead atoms. The highest BCUT2D eigenvalue weighted by molar-refractivity contribution is 5.79. The summed E-state index contributed by atoms with van der Waals surface area (Å²) in [5.41, 5.74) is 8.38. The maximum Gasteiger partial charge on any atom is 0.326 e. The molecule has 0 fully saturated rings. The first kappa shape index (κ1) is 9.98. The van der Waals surface area contributed by atoms with Gasteiger partial charge in [-0.1, -0.05) is 12.1 Å². The molecule has 0 radical (unpaired) electrons. The number of nitrogens with zero attached hydrogens (tertiary/aromatic N) is 1. The third kappa shape index (κ3) is 1.47. The van der Waals surface area contributed by atoms with E-state index in [-0.39, 0.29) is 11.7 Å². The normalized spacial score (nSPS) is 11.5. The predicted octanol–water partition coefficient (Wildman–Crippen LogP) is 1.37. The van der Waals surface area contributed by atoms with Gasteiger partial charge >= 0.3 is 5.69 Å². The Morgan fingerprint density at radius 2 is 2.20 bits per heavy atom. The Morgan fingerprint density at radius 3 is 2.80 bits per heavy atom. The minimum Gasteiger partial charge on any atom is -0.326 e. The molecule has 0 atom stereocenters. The van der Waals surface area contributed by atoms with Crippen molar-refractivity contribution in [2.75, 3.05) is 0 Å². The molecule has 4 nitrogen and oxygen atoms in total. The molecule has 1 aromatic heterocycles. The molecule has 1 heterocycles. The molecule has 2 aromatic rings. The number of rotatable bonds is 2. The maximum absolute atomic E-state index is 11.7. The fraction of sp³-hybridized carbons (Fsp3) is 0.364. The molecule has 0 unspecified atom stereocenters. The number of aromatic nitrogens is 2. The standard InChI is InChI=1S/C11H15N3O/c1-7(2)14-10-8(6-12)4-3-5-9(10)13-11(14)15/h3-5,7H,6,12H2,1-2H3,(H,13,15). The zero-order chi connectivity index (χ0) is 11.0. The summed E-state index contributed by atoms with van der Waals surface area (Å²) in [4.78, 5) is 14.5. The third-order valence-electron chi connectivity index (χ3n) is 2.56. The van der Waals surface area contributed by atoms with Crippen molar-refractivity contribution in [3.05, 3.63) is 34.2 Å². The van der Waals surface area contributed by atoms with Gasteiger partial charge < -0.3 is 10.7 Å². The number of nitrogens with one attached hydrogen (secondary N) is 1. The second kappa shape index (κ2) is 3.55. The SMILES string of the molecule is CC(C)n1c(=O)[nH]c2cccc(CN)c21. The molecule has 4 heteroatoms. The summed E-state index contributed by atoms with van der Waals surface area (Å²) in [6.07, 6.45) is 0. The molecule has 0 saturated heterocycles. The van der Waals surface area contributed by atoms with Gasteiger partial charge in [0.2, 0.25) is 0 Å². The fourth-order valence-corrected chi connectivity index (χ4v) is 1.91. The predicted molar refractivity (Wildman–Crippen MR) is 60.8 cm³/mol. The molecule has 2 rings (SSSR count). The van der Waals surface area contributed by atoms with Crippen LogP contribution in [0.1, 0.15) is 25.5 Å². The zero-order valence-electron chi connectivity index (χ0n) is 8.95. The number of fused-ring (bicyclic) bond motifs is 1. The Kier molecular flexibility index (Phi) is 2.36. The van der Waals surface area contributed by atoms with Crippen molar-refractivity contribution >= 4 is 11.0 Å². The van der Waals surface area contributed by atoms with Gasteiger partial charge in [0.1, 0.15) is 0 Å². The van der Waals surface area contributed by atoms with Crippen LogP contribution < -0.4 is 11.4 Å². The maximum atomic E-state index is 11.7. The van der Waals surface area contributed by atoms with Crippen LogP contribution in [0, 0.1) is 0 Å². The van der Waals surface area contributed by atoms with Crippen molar-refractivity contribution in [2.24, 2.45) is 5.73 Å². The summed E-state index contributed by atoms with van der Waals surface area (Å²) in [6.45, 7) is 4.42. The van der Waals surface area contributed by atoms with E-state index in [9.17, 15) is 4.79 Å². The van der Waals surface area contributed by atoms with Crippen LogP contribution in [-0.2, 0) is 6.54 Å². The van der Waals surface area contributed by atoms with E-state index in [2.05, 4.69) is 4.98 Å². The summed E-state index contributed by atoms with van der Waals surface area (Å²) in [6, 6.07) is 5.90. The van der Waals surface area contributed by atoms with Gasteiger partial charge in [-0.25, -0.2) is 4.79 Å². The minimum atomic E-state index is -0.0686. The lowest BCUT2D eigenvalue weighted by Crippen LogP contribution is -2.19. The Balaban J connectivity index is 2.89. The lowest BCUT2D eigenvalue weighted by atomic mass is 10.1. The van der Waals surface area contributed by atoms with Crippen LogP contribution in [0.5, 0.6) is 0 Å². The zero-order valence-corrected chi connectivity index (χ0v) is 8.95. The van der Waals surface area contributed by atoms with E-state index in [4.69, 9.17) is 5.73 Å². The molecule has 80 valence electrons. The van der Waals surface area contributed by atoms with Crippen LogP contribution >= 0.6 is 0 Å². The summed E-state index contributed by atoms with van der Waals surface area (Å²) in [7, 11) is 0. The van der Waals surface area contributed by atoms with E-state index in [0.717, 1.165) is 16.6 Å². The molecule has 0 spiro atoms. The second-order valence-corrected chi connectivity index (χ2v) is 3.91. The molecule has 15 heavy (non-hydrogen) atoms. The first-order chi connectivity index (χ1) is 7.15. The summed E-state index contributed by atoms with van der Waals surface area (Å²) >= 11 is 0. The van der Waals surface area contributed by atoms with Crippen molar-refractivity contribution in [1.82, 2.24) is 9.55 Å². The van der Waals surface area contributed by atoms with Crippen LogP contribution in [0.2, 0.25) is 0 Å². The Bertz CT molecular complexity index is 536. The van der Waals surface area contributed by atoms with Crippen molar-refractivity contribution in [3.8, 4) is 0 Å². The van der Waals surface area contributed by atoms with Gasteiger partial charge in [0, 0.05) is 12.6 Å². The van der Waals surface area contributed by atoms with Crippen molar-refractivity contribution < 1.29 is 0 Å². The van der Waals surface area contributed by atoms with Gasteiger partial charge in [0.25, 0.3) is 0 Å². The van der Waals surface area contributed by atoms with E-state index >= 15 is 0 Å². The topological polar surface area (TPSA) is 63.8 Å². The lowest BCUT2D eigenvalue weighted by Gasteiger charge is -2.09. The van der Waals surface area contributed by atoms with Gasteiger partial charge in [-0.15, -0.1) is 0 Å². The van der Waals surface area contributed by atoms with Crippen LogP contribution in [0.4, 0.5) is 0 Å². The lowest BCUT2D eigenvalue weighted by molar-refractivity contribution is 0.596. The second-order valence-electron chi connectivity index (χ2n) is 3.91. The molecule has 1 aromatic carbocycles. The van der Waals surface area contributed by atoms with Crippen LogP contribution in [0.25, 0.3) is 11.0 Å². The van der Waals surface area contributed by atoms with E-state index in [1.54, 1.807) is 4.57 Å². The molecular weight excluding hydrogens is 190 g/mol. The van der Waals surface area contributed by atoms with Crippen LogP contribution in [-0.4, -0.2) is 9.55 Å². The van der Waals surface area contributed by atoms with E-state index in [1.165, 1.54) is 0 Å². The highest BCUT2D eigenvalue weighted by atomic mass is 16.1. The molecule has 0 saturated carbocycles. The molecule has 0 aliphatic carbocycles. The monoisotopic (exact) mass is 205 g/mol. The summed E-state index contributed by atoms with van der Waals surface area (Å²) in [5.74, 6) is 0.